The van der Waals surface area contributed by atoms with Gasteiger partial charge in [0.05, 0.1) is 0 Å². The van der Waals surface area contributed by atoms with Crippen molar-refractivity contribution in [2.45, 2.75) is 38.5 Å². The summed E-state index contributed by atoms with van der Waals surface area (Å²) in [6, 6.07) is 8.87. The van der Waals surface area contributed by atoms with Crippen LogP contribution in [-0.4, -0.2) is 5.71 Å². The maximum Gasteiger partial charge on any atom is 0.00896 e. The van der Waals surface area contributed by atoms with Gasteiger partial charge in [-0.2, -0.15) is 0 Å². The Hall–Kier alpha value is -1.11. The Bertz CT molecular complexity index is 314. The average Bonchev–Trinajstić information content (AvgIpc) is 2.21. The number of nitrogens with one attached hydrogen (secondary N) is 1. The van der Waals surface area contributed by atoms with E-state index >= 15 is 0 Å². The van der Waals surface area contributed by atoms with Gasteiger partial charge in [0.2, 0.25) is 0 Å². The van der Waals surface area contributed by atoms with Crippen molar-refractivity contribution in [2.75, 3.05) is 0 Å². The minimum Gasteiger partial charge on any atom is -0.310 e. The first-order valence-corrected chi connectivity index (χ1v) is 5.38. The van der Waals surface area contributed by atoms with Gasteiger partial charge in [-0.05, 0) is 44.1 Å². The number of rotatable bonds is 1. The monoisotopic (exact) mass is 187 g/mol. The summed E-state index contributed by atoms with van der Waals surface area (Å²) in [6.45, 7) is 2.13. The van der Waals surface area contributed by atoms with Crippen LogP contribution in [0.2, 0.25) is 0 Å². The summed E-state index contributed by atoms with van der Waals surface area (Å²) in [5.74, 6) is 0.699. The Morgan fingerprint density at radius 3 is 2.21 bits per heavy atom. The van der Waals surface area contributed by atoms with Gasteiger partial charge in [0.25, 0.3) is 0 Å². The molecule has 1 aliphatic rings. The fourth-order valence-electron chi connectivity index (χ4n) is 2.14. The van der Waals surface area contributed by atoms with Crippen LogP contribution in [0, 0.1) is 12.3 Å². The van der Waals surface area contributed by atoms with E-state index in [0.717, 1.165) is 18.6 Å². The third-order valence-electron chi connectivity index (χ3n) is 3.14. The predicted molar refractivity (Wildman–Crippen MR) is 60.1 cm³/mol. The number of hydrogen-bond donors (Lipinski definition) is 1. The van der Waals surface area contributed by atoms with Gasteiger partial charge < -0.3 is 5.41 Å². The van der Waals surface area contributed by atoms with E-state index in [0.29, 0.717) is 5.92 Å². The number of hydrogen-bond acceptors (Lipinski definition) is 1. The molecule has 1 fully saturated rings. The third-order valence-corrected chi connectivity index (χ3v) is 3.14. The van der Waals surface area contributed by atoms with E-state index in [2.05, 4.69) is 31.2 Å². The van der Waals surface area contributed by atoms with Crippen LogP contribution in [0.1, 0.15) is 42.7 Å². The highest BCUT2D eigenvalue weighted by Crippen LogP contribution is 2.31. The van der Waals surface area contributed by atoms with Gasteiger partial charge in [-0.25, -0.2) is 0 Å². The molecule has 0 saturated heterocycles. The van der Waals surface area contributed by atoms with Crippen molar-refractivity contribution in [1.82, 2.24) is 0 Å². The van der Waals surface area contributed by atoms with E-state index < -0.39 is 0 Å². The molecule has 0 atom stereocenters. The summed E-state index contributed by atoms with van der Waals surface area (Å²) in [5, 5.41) is 7.58. The highest BCUT2D eigenvalue weighted by molar-refractivity contribution is 5.82. The molecule has 0 radical (unpaired) electrons. The van der Waals surface area contributed by atoms with Crippen LogP contribution >= 0.6 is 0 Å². The SMILES string of the molecule is Cc1ccc(C2CCC(=N)CC2)cc1. The Morgan fingerprint density at radius 2 is 1.64 bits per heavy atom. The minimum atomic E-state index is 0.699. The van der Waals surface area contributed by atoms with Gasteiger partial charge in [-0.3, -0.25) is 0 Å². The number of benzene rings is 1. The molecule has 14 heavy (non-hydrogen) atoms. The van der Waals surface area contributed by atoms with Crippen molar-refractivity contribution in [3.63, 3.8) is 0 Å². The lowest BCUT2D eigenvalue weighted by Crippen LogP contribution is -2.11. The van der Waals surface area contributed by atoms with Crippen molar-refractivity contribution >= 4 is 5.71 Å². The van der Waals surface area contributed by atoms with Gasteiger partial charge in [0.15, 0.2) is 0 Å². The molecule has 1 aliphatic carbocycles. The Morgan fingerprint density at radius 1 is 1.07 bits per heavy atom. The van der Waals surface area contributed by atoms with Crippen LogP contribution in [0.15, 0.2) is 24.3 Å². The standard InChI is InChI=1S/C13H17N/c1-10-2-4-11(5-3-10)12-6-8-13(14)9-7-12/h2-5,12,14H,6-9H2,1H3. The molecule has 0 spiro atoms. The molecule has 0 aromatic heterocycles. The predicted octanol–water partition coefficient (Wildman–Crippen LogP) is 3.67. The summed E-state index contributed by atoms with van der Waals surface area (Å²) in [6.07, 6.45) is 4.33. The molecule has 0 unspecified atom stereocenters. The molecule has 74 valence electrons. The summed E-state index contributed by atoms with van der Waals surface area (Å²) < 4.78 is 0. The zero-order valence-corrected chi connectivity index (χ0v) is 8.72. The van der Waals surface area contributed by atoms with Crippen LogP contribution in [-0.2, 0) is 0 Å². The highest BCUT2D eigenvalue weighted by atomic mass is 14.4. The Kier molecular flexibility index (Phi) is 2.67. The minimum absolute atomic E-state index is 0.699. The van der Waals surface area contributed by atoms with E-state index in [1.165, 1.54) is 24.0 Å². The van der Waals surface area contributed by atoms with Gasteiger partial charge in [-0.1, -0.05) is 29.8 Å². The lowest BCUT2D eigenvalue weighted by atomic mass is 9.83. The normalized spacial score (nSPS) is 22.4. The summed E-state index contributed by atoms with van der Waals surface area (Å²) in [4.78, 5) is 0. The van der Waals surface area contributed by atoms with Gasteiger partial charge >= 0.3 is 0 Å². The van der Waals surface area contributed by atoms with Crippen LogP contribution < -0.4 is 0 Å². The third kappa shape index (κ3) is 2.03. The van der Waals surface area contributed by atoms with Crippen LogP contribution in [0.5, 0.6) is 0 Å². The van der Waals surface area contributed by atoms with E-state index in [4.69, 9.17) is 5.41 Å². The fourth-order valence-corrected chi connectivity index (χ4v) is 2.14. The molecular formula is C13H17N. The molecule has 0 heterocycles. The largest absolute Gasteiger partial charge is 0.310 e. The van der Waals surface area contributed by atoms with E-state index in [9.17, 15) is 0 Å². The molecule has 1 nitrogen and oxygen atoms in total. The highest BCUT2D eigenvalue weighted by Gasteiger charge is 2.17. The van der Waals surface area contributed by atoms with Crippen LogP contribution in [0.25, 0.3) is 0 Å². The lowest BCUT2D eigenvalue weighted by molar-refractivity contribution is 0.564. The molecule has 2 rings (SSSR count). The smallest absolute Gasteiger partial charge is 0.00896 e. The maximum atomic E-state index is 7.58. The van der Waals surface area contributed by atoms with Crippen molar-refractivity contribution < 1.29 is 0 Å². The number of aryl methyl sites for hydroxylation is 1. The summed E-state index contributed by atoms with van der Waals surface area (Å²) in [5.41, 5.74) is 3.73. The van der Waals surface area contributed by atoms with Crippen LogP contribution in [0.4, 0.5) is 0 Å². The quantitative estimate of drug-likeness (QED) is 0.693. The first-order valence-electron chi connectivity index (χ1n) is 5.38. The topological polar surface area (TPSA) is 23.9 Å². The van der Waals surface area contributed by atoms with Crippen molar-refractivity contribution in [3.8, 4) is 0 Å². The average molecular weight is 187 g/mol. The first kappa shape index (κ1) is 9.45. The second-order valence-corrected chi connectivity index (χ2v) is 4.29. The molecule has 1 saturated carbocycles. The van der Waals surface area contributed by atoms with Crippen molar-refractivity contribution in [2.24, 2.45) is 0 Å². The summed E-state index contributed by atoms with van der Waals surface area (Å²) >= 11 is 0. The zero-order valence-electron chi connectivity index (χ0n) is 8.72. The lowest BCUT2D eigenvalue weighted by Gasteiger charge is -2.22. The zero-order chi connectivity index (χ0) is 9.97. The Balaban J connectivity index is 2.08. The first-order chi connectivity index (χ1) is 6.75. The van der Waals surface area contributed by atoms with E-state index in [1.807, 2.05) is 0 Å². The molecular weight excluding hydrogens is 170 g/mol. The van der Waals surface area contributed by atoms with E-state index in [1.54, 1.807) is 0 Å². The maximum absolute atomic E-state index is 7.58. The summed E-state index contributed by atoms with van der Waals surface area (Å²) in [7, 11) is 0. The van der Waals surface area contributed by atoms with Gasteiger partial charge in [-0.15, -0.1) is 0 Å². The molecule has 1 aromatic rings. The van der Waals surface area contributed by atoms with E-state index in [-0.39, 0.29) is 0 Å². The fraction of sp³-hybridized carbons (Fsp3) is 0.462. The van der Waals surface area contributed by atoms with Crippen molar-refractivity contribution in [3.05, 3.63) is 35.4 Å². The molecule has 0 amide bonds. The Labute approximate surface area is 85.7 Å². The molecule has 1 aromatic carbocycles. The molecule has 1 N–H and O–H groups in total. The molecule has 1 heteroatoms. The second kappa shape index (κ2) is 3.95. The van der Waals surface area contributed by atoms with Gasteiger partial charge in [0.1, 0.15) is 0 Å². The molecule has 0 bridgehead atoms. The van der Waals surface area contributed by atoms with Crippen LogP contribution in [0.3, 0.4) is 0 Å². The second-order valence-electron chi connectivity index (χ2n) is 4.29. The molecule has 0 aliphatic heterocycles. The van der Waals surface area contributed by atoms with Gasteiger partial charge in [0, 0.05) is 5.71 Å². The van der Waals surface area contributed by atoms with Crippen molar-refractivity contribution in [1.29, 1.82) is 5.41 Å².